The molecule has 0 aliphatic carbocycles. The fourth-order valence-electron chi connectivity index (χ4n) is 2.66. The lowest BCUT2D eigenvalue weighted by Crippen LogP contribution is -2.32. The van der Waals surface area contributed by atoms with Gasteiger partial charge >= 0.3 is 6.18 Å². The van der Waals surface area contributed by atoms with Crippen molar-refractivity contribution in [1.29, 1.82) is 0 Å². The van der Waals surface area contributed by atoms with Gasteiger partial charge < -0.3 is 5.32 Å². The molecule has 1 aromatic heterocycles. The molecule has 2 rings (SSSR count). The molecule has 0 spiro atoms. The molecule has 5 nitrogen and oxygen atoms in total. The SMILES string of the molecule is CC(C)NC(=O)CC(CC(F)(F)F)c1ccc(C(=O)c2cnccn2)cc1. The Morgan fingerprint density at radius 1 is 1.11 bits per heavy atom. The lowest BCUT2D eigenvalue weighted by Gasteiger charge is -2.20. The second kappa shape index (κ2) is 8.75. The van der Waals surface area contributed by atoms with Crippen LogP contribution in [0.1, 0.15) is 54.2 Å². The average Bonchev–Trinajstić information content (AvgIpc) is 2.59. The van der Waals surface area contributed by atoms with Gasteiger partial charge in [-0.25, -0.2) is 4.98 Å². The maximum Gasteiger partial charge on any atom is 0.389 e. The smallest absolute Gasteiger partial charge is 0.354 e. The Morgan fingerprint density at radius 3 is 2.30 bits per heavy atom. The third-order valence-corrected chi connectivity index (χ3v) is 3.80. The summed E-state index contributed by atoms with van der Waals surface area (Å²) in [5.74, 6) is -1.84. The fourth-order valence-corrected chi connectivity index (χ4v) is 2.66. The van der Waals surface area contributed by atoms with Crippen molar-refractivity contribution >= 4 is 11.7 Å². The van der Waals surface area contributed by atoms with Gasteiger partial charge in [-0.05, 0) is 19.4 Å². The van der Waals surface area contributed by atoms with Crippen LogP contribution in [0.2, 0.25) is 0 Å². The van der Waals surface area contributed by atoms with Gasteiger partial charge in [-0.2, -0.15) is 13.2 Å². The molecule has 8 heteroatoms. The van der Waals surface area contributed by atoms with Crippen LogP contribution >= 0.6 is 0 Å². The Balaban J connectivity index is 2.20. The van der Waals surface area contributed by atoms with E-state index in [-0.39, 0.29) is 29.5 Å². The first-order valence-corrected chi connectivity index (χ1v) is 8.42. The van der Waals surface area contributed by atoms with Crippen molar-refractivity contribution in [2.75, 3.05) is 0 Å². The molecule has 1 aromatic carbocycles. The second-order valence-corrected chi connectivity index (χ2v) is 6.48. The van der Waals surface area contributed by atoms with Crippen LogP contribution in [-0.4, -0.2) is 33.9 Å². The first-order valence-electron chi connectivity index (χ1n) is 8.42. The molecule has 0 fully saturated rings. The van der Waals surface area contributed by atoms with Gasteiger partial charge in [-0.3, -0.25) is 14.6 Å². The van der Waals surface area contributed by atoms with E-state index in [1.807, 2.05) is 0 Å². The summed E-state index contributed by atoms with van der Waals surface area (Å²) in [6.45, 7) is 3.48. The molecule has 0 radical (unpaired) electrons. The van der Waals surface area contributed by atoms with E-state index in [4.69, 9.17) is 0 Å². The van der Waals surface area contributed by atoms with E-state index in [1.165, 1.54) is 42.9 Å². The van der Waals surface area contributed by atoms with Crippen LogP contribution in [0.3, 0.4) is 0 Å². The predicted octanol–water partition coefficient (Wildman–Crippen LogP) is 3.66. The quantitative estimate of drug-likeness (QED) is 0.746. The third-order valence-electron chi connectivity index (χ3n) is 3.80. The molecule has 1 N–H and O–H groups in total. The second-order valence-electron chi connectivity index (χ2n) is 6.48. The van der Waals surface area contributed by atoms with Crippen LogP contribution in [0.25, 0.3) is 0 Å². The van der Waals surface area contributed by atoms with Crippen molar-refractivity contribution in [3.05, 3.63) is 59.7 Å². The number of benzene rings is 1. The highest BCUT2D eigenvalue weighted by Crippen LogP contribution is 2.33. The van der Waals surface area contributed by atoms with E-state index in [0.717, 1.165) is 0 Å². The lowest BCUT2D eigenvalue weighted by atomic mass is 9.90. The molecule has 27 heavy (non-hydrogen) atoms. The Bertz CT molecular complexity index is 775. The molecular formula is C19H20F3N3O2. The Morgan fingerprint density at radius 2 is 1.78 bits per heavy atom. The van der Waals surface area contributed by atoms with E-state index in [0.29, 0.717) is 5.56 Å². The lowest BCUT2D eigenvalue weighted by molar-refractivity contribution is -0.141. The van der Waals surface area contributed by atoms with Crippen LogP contribution in [0.5, 0.6) is 0 Å². The van der Waals surface area contributed by atoms with Gasteiger partial charge in [0.15, 0.2) is 0 Å². The number of rotatable bonds is 7. The summed E-state index contributed by atoms with van der Waals surface area (Å²) in [4.78, 5) is 32.0. The number of ketones is 1. The van der Waals surface area contributed by atoms with Gasteiger partial charge in [0.05, 0.1) is 12.6 Å². The van der Waals surface area contributed by atoms with Crippen molar-refractivity contribution in [3.63, 3.8) is 0 Å². The van der Waals surface area contributed by atoms with Crippen molar-refractivity contribution in [2.24, 2.45) is 0 Å². The predicted molar refractivity (Wildman–Crippen MR) is 93.2 cm³/mol. The number of hydrogen-bond acceptors (Lipinski definition) is 4. The first-order chi connectivity index (χ1) is 12.7. The maximum atomic E-state index is 12.9. The van der Waals surface area contributed by atoms with Gasteiger partial charge in [-0.15, -0.1) is 0 Å². The number of nitrogens with one attached hydrogen (secondary N) is 1. The summed E-state index contributed by atoms with van der Waals surface area (Å²) >= 11 is 0. The van der Waals surface area contributed by atoms with Crippen molar-refractivity contribution in [2.45, 2.75) is 44.8 Å². The molecule has 0 aliphatic rings. The molecule has 0 saturated carbocycles. The van der Waals surface area contributed by atoms with E-state index in [1.54, 1.807) is 13.8 Å². The number of carbonyl (C=O) groups is 2. The Kier molecular flexibility index (Phi) is 6.65. The van der Waals surface area contributed by atoms with Crippen molar-refractivity contribution in [1.82, 2.24) is 15.3 Å². The number of hydrogen-bond donors (Lipinski definition) is 1. The summed E-state index contributed by atoms with van der Waals surface area (Å²) in [6, 6.07) is 5.62. The molecule has 0 saturated heterocycles. The van der Waals surface area contributed by atoms with Crippen LogP contribution in [-0.2, 0) is 4.79 Å². The maximum absolute atomic E-state index is 12.9. The zero-order valence-corrected chi connectivity index (χ0v) is 15.0. The van der Waals surface area contributed by atoms with Crippen LogP contribution < -0.4 is 5.32 Å². The zero-order valence-electron chi connectivity index (χ0n) is 15.0. The zero-order chi connectivity index (χ0) is 20.0. The Hall–Kier alpha value is -2.77. The van der Waals surface area contributed by atoms with Crippen LogP contribution in [0.15, 0.2) is 42.9 Å². The first kappa shape index (κ1) is 20.5. The minimum absolute atomic E-state index is 0.147. The molecule has 2 aromatic rings. The summed E-state index contributed by atoms with van der Waals surface area (Å²) in [6.07, 6.45) is -1.67. The highest BCUT2D eigenvalue weighted by molar-refractivity contribution is 6.07. The third kappa shape index (κ3) is 6.47. The molecular weight excluding hydrogens is 359 g/mol. The van der Waals surface area contributed by atoms with Gasteiger partial charge in [0.1, 0.15) is 5.69 Å². The summed E-state index contributed by atoms with van der Waals surface area (Å²) in [5.41, 5.74) is 0.784. The molecule has 1 unspecified atom stereocenters. The van der Waals surface area contributed by atoms with Gasteiger partial charge in [0.25, 0.3) is 0 Å². The summed E-state index contributed by atoms with van der Waals surface area (Å²) in [5, 5.41) is 2.60. The van der Waals surface area contributed by atoms with Crippen LogP contribution in [0.4, 0.5) is 13.2 Å². The molecule has 144 valence electrons. The van der Waals surface area contributed by atoms with Gasteiger partial charge in [-0.1, -0.05) is 24.3 Å². The van der Waals surface area contributed by atoms with Crippen molar-refractivity contribution < 1.29 is 22.8 Å². The van der Waals surface area contributed by atoms with E-state index >= 15 is 0 Å². The van der Waals surface area contributed by atoms with Gasteiger partial charge in [0, 0.05) is 36.3 Å². The summed E-state index contributed by atoms with van der Waals surface area (Å²) in [7, 11) is 0. The molecule has 0 bridgehead atoms. The largest absolute Gasteiger partial charge is 0.389 e. The topological polar surface area (TPSA) is 72.0 Å². The number of alkyl halides is 3. The van der Waals surface area contributed by atoms with Gasteiger partial charge in [0.2, 0.25) is 11.7 Å². The van der Waals surface area contributed by atoms with Crippen LogP contribution in [0, 0.1) is 0 Å². The van der Waals surface area contributed by atoms with Crippen molar-refractivity contribution in [3.8, 4) is 0 Å². The van der Waals surface area contributed by atoms with E-state index in [2.05, 4.69) is 15.3 Å². The average molecular weight is 379 g/mol. The minimum Gasteiger partial charge on any atom is -0.354 e. The number of amides is 1. The fraction of sp³-hybridized carbons (Fsp3) is 0.368. The normalized spacial score (nSPS) is 12.7. The molecule has 1 atom stereocenters. The molecule has 0 aliphatic heterocycles. The van der Waals surface area contributed by atoms with E-state index < -0.39 is 24.4 Å². The number of carbonyl (C=O) groups excluding carboxylic acids is 2. The standard InChI is InChI=1S/C19H20F3N3O2/c1-12(2)25-17(26)9-15(10-19(20,21)22)13-3-5-14(6-4-13)18(27)16-11-23-7-8-24-16/h3-8,11-12,15H,9-10H2,1-2H3,(H,25,26). The molecule has 1 amide bonds. The summed E-state index contributed by atoms with van der Waals surface area (Å²) < 4.78 is 38.8. The highest BCUT2D eigenvalue weighted by atomic mass is 19.4. The number of halogens is 3. The highest BCUT2D eigenvalue weighted by Gasteiger charge is 2.33. The van der Waals surface area contributed by atoms with E-state index in [9.17, 15) is 22.8 Å². The minimum atomic E-state index is -4.41. The molecule has 1 heterocycles. The Labute approximate surface area is 155 Å². The number of nitrogens with zero attached hydrogens (tertiary/aromatic N) is 2. The monoisotopic (exact) mass is 379 g/mol. The number of aromatic nitrogens is 2.